The number of rotatable bonds is 4. The van der Waals surface area contributed by atoms with E-state index in [-0.39, 0.29) is 30.7 Å². The van der Waals surface area contributed by atoms with Crippen LogP contribution in [0.4, 0.5) is 0 Å². The molecule has 2 aromatic rings. The second-order valence-corrected chi connectivity index (χ2v) is 7.48. The summed E-state index contributed by atoms with van der Waals surface area (Å²) in [5.74, 6) is 2.36. The van der Waals surface area contributed by atoms with E-state index in [0.717, 1.165) is 29.7 Å². The summed E-state index contributed by atoms with van der Waals surface area (Å²) in [5, 5.41) is 0. The number of cyclic esters (lactones) is 1. The number of esters is 1. The van der Waals surface area contributed by atoms with Gasteiger partial charge in [0.1, 0.15) is 11.7 Å². The van der Waals surface area contributed by atoms with E-state index in [1.165, 1.54) is 7.11 Å². The summed E-state index contributed by atoms with van der Waals surface area (Å²) in [6.45, 7) is 0.963. The minimum Gasteiger partial charge on any atom is -0.493 e. The maximum atomic E-state index is 12.9. The first-order valence-corrected chi connectivity index (χ1v) is 9.74. The van der Waals surface area contributed by atoms with Gasteiger partial charge in [0.2, 0.25) is 12.5 Å². The molecule has 0 bridgehead atoms. The van der Waals surface area contributed by atoms with Crippen LogP contribution in [-0.4, -0.2) is 58.1 Å². The smallest absolute Gasteiger partial charge is 0.343 e. The lowest BCUT2D eigenvalue weighted by atomic mass is 9.85. The maximum absolute atomic E-state index is 12.9. The number of carbonyl (C=O) groups is 1. The Morgan fingerprint density at radius 1 is 1.06 bits per heavy atom. The van der Waals surface area contributed by atoms with Crippen molar-refractivity contribution in [3.63, 3.8) is 0 Å². The van der Waals surface area contributed by atoms with Crippen LogP contribution < -0.4 is 23.7 Å². The van der Waals surface area contributed by atoms with Crippen molar-refractivity contribution >= 4 is 18.4 Å². The zero-order valence-corrected chi connectivity index (χ0v) is 19.0. The van der Waals surface area contributed by atoms with E-state index in [9.17, 15) is 4.79 Å². The molecule has 10 heteroatoms. The fraction of sp³-hybridized carbons (Fsp3) is 0.409. The summed E-state index contributed by atoms with van der Waals surface area (Å²) in [5.41, 5.74) is 3.23. The molecule has 0 spiro atoms. The number of hydrogen-bond donors (Lipinski definition) is 0. The molecule has 0 unspecified atom stereocenters. The van der Waals surface area contributed by atoms with Gasteiger partial charge >= 0.3 is 5.97 Å². The number of likely N-dealkylation sites (N-methyl/N-ethyl adjacent to an activating group) is 1. The molecule has 3 aliphatic rings. The summed E-state index contributed by atoms with van der Waals surface area (Å²) in [6.07, 6.45) is 0.306. The van der Waals surface area contributed by atoms with Crippen LogP contribution in [0, 0.1) is 0 Å². The van der Waals surface area contributed by atoms with Crippen LogP contribution in [0.2, 0.25) is 0 Å². The van der Waals surface area contributed by atoms with Crippen LogP contribution >= 0.6 is 12.4 Å². The monoisotopic (exact) mass is 467 g/mol. The number of benzene rings is 2. The number of methoxy groups -OCH3 is 3. The predicted molar refractivity (Wildman–Crippen MR) is 117 cm³/mol. The molecule has 2 atom stereocenters. The largest absolute Gasteiger partial charge is 0.493 e. The first-order valence-electron chi connectivity index (χ1n) is 9.74. The van der Waals surface area contributed by atoms with Crippen LogP contribution in [0.25, 0.3) is 0 Å². The number of fused-ring (bicyclic) bond motifs is 3. The summed E-state index contributed by atoms with van der Waals surface area (Å²) in [4.78, 5) is 15.1. The third-order valence-corrected chi connectivity index (χ3v) is 6.06. The van der Waals surface area contributed by atoms with Gasteiger partial charge in [-0.1, -0.05) is 6.07 Å². The Morgan fingerprint density at radius 3 is 2.50 bits per heavy atom. The van der Waals surface area contributed by atoms with Gasteiger partial charge in [-0.2, -0.15) is 0 Å². The van der Waals surface area contributed by atoms with Gasteiger partial charge in [-0.3, -0.25) is 4.90 Å². The number of ether oxygens (including phenoxy) is 6. The predicted octanol–water partition coefficient (Wildman–Crippen LogP) is 2.48. The molecule has 0 amide bonds. The van der Waals surface area contributed by atoms with Crippen LogP contribution in [0.15, 0.2) is 18.2 Å². The lowest BCUT2D eigenvalue weighted by Crippen LogP contribution is -2.36. The van der Waals surface area contributed by atoms with Gasteiger partial charge in [0.25, 0.3) is 0 Å². The highest BCUT2D eigenvalue weighted by Gasteiger charge is 2.46. The van der Waals surface area contributed by atoms with Crippen molar-refractivity contribution in [3.8, 4) is 28.7 Å². The lowest BCUT2D eigenvalue weighted by molar-refractivity contribution is 0.00874. The average Bonchev–Trinajstić information content (AvgIpc) is 3.35. The summed E-state index contributed by atoms with van der Waals surface area (Å²) in [7, 11) is 6.70. The summed E-state index contributed by atoms with van der Waals surface area (Å²) in [6, 6.07) is 5.43. The lowest BCUT2D eigenvalue weighted by Gasteiger charge is -2.38. The van der Waals surface area contributed by atoms with Gasteiger partial charge in [-0.25, -0.2) is 4.79 Å². The molecule has 0 aromatic heterocycles. The minimum absolute atomic E-state index is 0. The molecular formula is C22H26ClNO8. The second-order valence-electron chi connectivity index (χ2n) is 7.48. The first kappa shape index (κ1) is 23.8. The van der Waals surface area contributed by atoms with Crippen molar-refractivity contribution < 1.29 is 38.7 Å². The fourth-order valence-corrected chi connectivity index (χ4v) is 4.71. The molecule has 3 aliphatic heterocycles. The number of hydrogen-bond acceptors (Lipinski definition) is 8. The van der Waals surface area contributed by atoms with E-state index < -0.39 is 12.1 Å². The molecule has 0 saturated carbocycles. The van der Waals surface area contributed by atoms with Crippen molar-refractivity contribution in [3.05, 3.63) is 40.5 Å². The average molecular weight is 468 g/mol. The van der Waals surface area contributed by atoms with Crippen LogP contribution in [0.5, 0.6) is 28.7 Å². The molecule has 0 saturated heterocycles. The third kappa shape index (κ3) is 3.28. The molecule has 2 aromatic carbocycles. The summed E-state index contributed by atoms with van der Waals surface area (Å²) >= 11 is 0. The molecule has 32 heavy (non-hydrogen) atoms. The molecule has 0 aliphatic carbocycles. The zero-order chi connectivity index (χ0) is 21.0. The Bertz CT molecular complexity index is 1040. The van der Waals surface area contributed by atoms with Crippen molar-refractivity contribution in [1.82, 2.24) is 4.90 Å². The highest BCUT2D eigenvalue weighted by molar-refractivity contribution is 5.98. The Kier molecular flexibility index (Phi) is 6.64. The Balaban J connectivity index is 0.00000144. The van der Waals surface area contributed by atoms with E-state index in [2.05, 4.69) is 4.90 Å². The fourth-order valence-electron chi connectivity index (χ4n) is 4.71. The van der Waals surface area contributed by atoms with E-state index in [1.54, 1.807) is 20.3 Å². The molecule has 3 heterocycles. The standard InChI is InChI=1S/C22H23NO7.ClH.H2O/c1-23-8-7-11-9-14-20(29-10-28-14)21(27-4)15(11)17(23)18-12-5-6-13(25-2)19(26-3)16(12)22(24)30-18;;/h5-6,9,17-18H,7-8,10H2,1-4H3;1H;1H2/t17-,18+;;/m1../s1. The number of carbonyl (C=O) groups excluding carboxylic acids is 1. The Morgan fingerprint density at radius 2 is 1.81 bits per heavy atom. The SMILES string of the molecule is COc1ccc2c(c1OC)C(=O)O[C@@H]2[C@H]1c2c(cc3c(c2OC)OCO3)CCN1C.Cl.O. The first-order chi connectivity index (χ1) is 14.6. The van der Waals surface area contributed by atoms with Gasteiger partial charge < -0.3 is 33.9 Å². The quantitative estimate of drug-likeness (QED) is 0.631. The summed E-state index contributed by atoms with van der Waals surface area (Å²) < 4.78 is 33.8. The molecule has 2 N–H and O–H groups in total. The third-order valence-electron chi connectivity index (χ3n) is 6.06. The van der Waals surface area contributed by atoms with E-state index in [0.29, 0.717) is 34.3 Å². The van der Waals surface area contributed by atoms with E-state index in [1.807, 2.05) is 19.2 Å². The molecule has 0 radical (unpaired) electrons. The second kappa shape index (κ2) is 8.93. The maximum Gasteiger partial charge on any atom is 0.343 e. The molecular weight excluding hydrogens is 442 g/mol. The van der Waals surface area contributed by atoms with Gasteiger partial charge in [-0.15, -0.1) is 12.4 Å². The zero-order valence-electron chi connectivity index (χ0n) is 18.2. The highest BCUT2D eigenvalue weighted by Crippen LogP contribution is 2.55. The van der Waals surface area contributed by atoms with E-state index >= 15 is 0 Å². The number of nitrogens with zero attached hydrogens (tertiary/aromatic N) is 1. The van der Waals surface area contributed by atoms with Crippen molar-refractivity contribution in [2.24, 2.45) is 0 Å². The van der Waals surface area contributed by atoms with Gasteiger partial charge in [-0.05, 0) is 31.2 Å². The van der Waals surface area contributed by atoms with Crippen molar-refractivity contribution in [2.75, 3.05) is 41.7 Å². The number of halogens is 1. The molecule has 9 nitrogen and oxygen atoms in total. The Labute approximate surface area is 191 Å². The van der Waals surface area contributed by atoms with Gasteiger partial charge in [0.05, 0.1) is 27.4 Å². The highest BCUT2D eigenvalue weighted by atomic mass is 35.5. The van der Waals surface area contributed by atoms with Crippen LogP contribution in [0.3, 0.4) is 0 Å². The Hall–Kier alpha value is -2.88. The van der Waals surface area contributed by atoms with E-state index in [4.69, 9.17) is 28.4 Å². The van der Waals surface area contributed by atoms with Crippen molar-refractivity contribution in [1.29, 1.82) is 0 Å². The normalized spacial score (nSPS) is 20.3. The molecule has 174 valence electrons. The van der Waals surface area contributed by atoms with Gasteiger partial charge in [0.15, 0.2) is 23.0 Å². The molecule has 0 fully saturated rings. The van der Waals surface area contributed by atoms with Crippen LogP contribution in [-0.2, 0) is 11.2 Å². The van der Waals surface area contributed by atoms with Crippen molar-refractivity contribution in [2.45, 2.75) is 18.6 Å². The molecule has 5 rings (SSSR count). The topological polar surface area (TPSA) is 107 Å². The van der Waals surface area contributed by atoms with Gasteiger partial charge in [0, 0.05) is 17.7 Å². The minimum atomic E-state index is -0.523. The van der Waals surface area contributed by atoms with Crippen LogP contribution in [0.1, 0.15) is 39.2 Å².